The number of hydrogen-bond acceptors (Lipinski definition) is 4. The van der Waals surface area contributed by atoms with Crippen LogP contribution >= 0.6 is 0 Å². The summed E-state index contributed by atoms with van der Waals surface area (Å²) in [6.07, 6.45) is 0.801. The molecule has 0 bridgehead atoms. The van der Waals surface area contributed by atoms with Crippen LogP contribution in [0.1, 0.15) is 40.0 Å². The van der Waals surface area contributed by atoms with Gasteiger partial charge >= 0.3 is 11.9 Å². The van der Waals surface area contributed by atoms with Crippen LogP contribution in [0.5, 0.6) is 0 Å². The summed E-state index contributed by atoms with van der Waals surface area (Å²) < 4.78 is 4.73. The summed E-state index contributed by atoms with van der Waals surface area (Å²) in [7, 11) is 0. The molecule has 0 saturated heterocycles. The van der Waals surface area contributed by atoms with Crippen molar-refractivity contribution in [3.8, 4) is 0 Å². The van der Waals surface area contributed by atoms with Gasteiger partial charge in [0.05, 0.1) is 6.61 Å². The van der Waals surface area contributed by atoms with Crippen LogP contribution in [0.25, 0.3) is 0 Å². The zero-order valence-electron chi connectivity index (χ0n) is 11.6. The molecule has 0 aromatic heterocycles. The molecule has 1 fully saturated rings. The van der Waals surface area contributed by atoms with Gasteiger partial charge in [-0.25, -0.2) is 4.79 Å². The SMILES string of the molecule is CCOC(=O)CC[C@H](NC(=O)C1CC1(C)C)C(=O)O. The molecule has 19 heavy (non-hydrogen) atoms. The molecule has 0 aliphatic heterocycles. The number of rotatable bonds is 7. The van der Waals surface area contributed by atoms with Crippen molar-refractivity contribution >= 4 is 17.8 Å². The quantitative estimate of drug-likeness (QED) is 0.672. The summed E-state index contributed by atoms with van der Waals surface area (Å²) in [5.41, 5.74) is -0.0473. The normalized spacial score (nSPS) is 21.3. The maximum absolute atomic E-state index is 11.8. The van der Waals surface area contributed by atoms with Crippen LogP contribution in [0.4, 0.5) is 0 Å². The summed E-state index contributed by atoms with van der Waals surface area (Å²) in [5.74, 6) is -1.95. The fourth-order valence-corrected chi connectivity index (χ4v) is 1.94. The third-order valence-corrected chi connectivity index (χ3v) is 3.39. The molecule has 1 saturated carbocycles. The molecular formula is C13H21NO5. The van der Waals surface area contributed by atoms with Crippen LogP contribution in [0.2, 0.25) is 0 Å². The van der Waals surface area contributed by atoms with Crippen LogP contribution in [0.15, 0.2) is 0 Å². The second kappa shape index (κ2) is 6.04. The third kappa shape index (κ3) is 4.54. The Hall–Kier alpha value is -1.59. The van der Waals surface area contributed by atoms with Crippen molar-refractivity contribution in [2.75, 3.05) is 6.61 Å². The van der Waals surface area contributed by atoms with E-state index in [2.05, 4.69) is 5.32 Å². The second-order valence-corrected chi connectivity index (χ2v) is 5.49. The monoisotopic (exact) mass is 271 g/mol. The maximum atomic E-state index is 11.8. The molecule has 0 radical (unpaired) electrons. The van der Waals surface area contributed by atoms with Gasteiger partial charge in [0, 0.05) is 12.3 Å². The Bertz CT molecular complexity index is 377. The summed E-state index contributed by atoms with van der Waals surface area (Å²) in [6.45, 7) is 5.87. The zero-order chi connectivity index (χ0) is 14.6. The molecule has 2 atom stereocenters. The highest BCUT2D eigenvalue weighted by atomic mass is 16.5. The van der Waals surface area contributed by atoms with Gasteiger partial charge in [-0.3, -0.25) is 9.59 Å². The smallest absolute Gasteiger partial charge is 0.326 e. The molecule has 0 heterocycles. The van der Waals surface area contributed by atoms with E-state index in [1.54, 1.807) is 6.92 Å². The molecular weight excluding hydrogens is 250 g/mol. The van der Waals surface area contributed by atoms with E-state index in [1.165, 1.54) is 0 Å². The average molecular weight is 271 g/mol. The van der Waals surface area contributed by atoms with Gasteiger partial charge in [-0.15, -0.1) is 0 Å². The number of carboxylic acids is 1. The minimum absolute atomic E-state index is 0.0147. The predicted molar refractivity (Wildman–Crippen MR) is 67.3 cm³/mol. The van der Waals surface area contributed by atoms with Crippen molar-refractivity contribution in [1.82, 2.24) is 5.32 Å². The average Bonchev–Trinajstić information content (AvgIpc) is 2.93. The molecule has 1 aliphatic carbocycles. The number of carboxylic acid groups (broad SMARTS) is 1. The fourth-order valence-electron chi connectivity index (χ4n) is 1.94. The van der Waals surface area contributed by atoms with Crippen LogP contribution in [0, 0.1) is 11.3 Å². The van der Waals surface area contributed by atoms with Gasteiger partial charge < -0.3 is 15.2 Å². The molecule has 0 spiro atoms. The van der Waals surface area contributed by atoms with Crippen molar-refractivity contribution in [1.29, 1.82) is 0 Å². The highest BCUT2D eigenvalue weighted by Gasteiger charge is 2.51. The van der Waals surface area contributed by atoms with Gasteiger partial charge in [0.1, 0.15) is 6.04 Å². The highest BCUT2D eigenvalue weighted by molar-refractivity contribution is 5.87. The standard InChI is InChI=1S/C13H21NO5/c1-4-19-10(15)6-5-9(12(17)18)14-11(16)8-7-13(8,2)3/h8-9H,4-7H2,1-3H3,(H,14,16)(H,17,18)/t8?,9-/m0/s1. The van der Waals surface area contributed by atoms with E-state index in [0.717, 1.165) is 6.42 Å². The molecule has 6 nitrogen and oxygen atoms in total. The third-order valence-electron chi connectivity index (χ3n) is 3.39. The molecule has 0 aromatic carbocycles. The number of ether oxygens (including phenoxy) is 1. The van der Waals surface area contributed by atoms with Crippen molar-refractivity contribution < 1.29 is 24.2 Å². The van der Waals surface area contributed by atoms with E-state index in [0.29, 0.717) is 0 Å². The van der Waals surface area contributed by atoms with Gasteiger partial charge in [-0.1, -0.05) is 13.8 Å². The molecule has 1 unspecified atom stereocenters. The van der Waals surface area contributed by atoms with Crippen LogP contribution in [-0.2, 0) is 19.1 Å². The lowest BCUT2D eigenvalue weighted by Crippen LogP contribution is -2.42. The molecule has 108 valence electrons. The maximum Gasteiger partial charge on any atom is 0.326 e. The van der Waals surface area contributed by atoms with Crippen molar-refractivity contribution in [2.45, 2.75) is 46.1 Å². The van der Waals surface area contributed by atoms with E-state index >= 15 is 0 Å². The van der Waals surface area contributed by atoms with Gasteiger partial charge in [0.2, 0.25) is 5.91 Å². The van der Waals surface area contributed by atoms with E-state index in [9.17, 15) is 14.4 Å². The zero-order valence-corrected chi connectivity index (χ0v) is 11.6. The number of esters is 1. The topological polar surface area (TPSA) is 92.7 Å². The summed E-state index contributed by atoms with van der Waals surface area (Å²) in [5, 5.41) is 11.5. The minimum Gasteiger partial charge on any atom is -0.480 e. The Morgan fingerprint density at radius 3 is 2.42 bits per heavy atom. The number of carbonyl (C=O) groups excluding carboxylic acids is 2. The van der Waals surface area contributed by atoms with E-state index in [4.69, 9.17) is 9.84 Å². The number of amides is 1. The van der Waals surface area contributed by atoms with E-state index < -0.39 is 18.0 Å². The number of nitrogens with one attached hydrogen (secondary N) is 1. The second-order valence-electron chi connectivity index (χ2n) is 5.49. The van der Waals surface area contributed by atoms with Gasteiger partial charge in [0.15, 0.2) is 0 Å². The number of hydrogen-bond donors (Lipinski definition) is 2. The Morgan fingerprint density at radius 1 is 1.42 bits per heavy atom. The predicted octanol–water partition coefficient (Wildman–Crippen LogP) is 0.945. The minimum atomic E-state index is -1.13. The first-order chi connectivity index (χ1) is 8.77. The van der Waals surface area contributed by atoms with Crippen molar-refractivity contribution in [3.05, 3.63) is 0 Å². The first kappa shape index (κ1) is 15.5. The van der Waals surface area contributed by atoms with E-state index in [-0.39, 0.29) is 36.7 Å². The van der Waals surface area contributed by atoms with Gasteiger partial charge in [-0.2, -0.15) is 0 Å². The number of carbonyl (C=O) groups is 3. The lowest BCUT2D eigenvalue weighted by atomic mass is 10.1. The Balaban J connectivity index is 2.43. The number of aliphatic carboxylic acids is 1. The largest absolute Gasteiger partial charge is 0.480 e. The lowest BCUT2D eigenvalue weighted by molar-refractivity contribution is -0.145. The first-order valence-electron chi connectivity index (χ1n) is 6.46. The Kier molecular flexibility index (Phi) is 4.91. The Morgan fingerprint density at radius 2 is 2.00 bits per heavy atom. The van der Waals surface area contributed by atoms with Crippen LogP contribution < -0.4 is 5.32 Å². The Labute approximate surface area is 112 Å². The van der Waals surface area contributed by atoms with Crippen molar-refractivity contribution in [2.24, 2.45) is 11.3 Å². The first-order valence-corrected chi connectivity index (χ1v) is 6.46. The highest BCUT2D eigenvalue weighted by Crippen LogP contribution is 2.51. The van der Waals surface area contributed by atoms with Gasteiger partial charge in [-0.05, 0) is 25.2 Å². The van der Waals surface area contributed by atoms with Crippen LogP contribution in [-0.4, -0.2) is 35.6 Å². The summed E-state index contributed by atoms with van der Waals surface area (Å²) >= 11 is 0. The lowest BCUT2D eigenvalue weighted by Gasteiger charge is -2.14. The molecule has 1 amide bonds. The molecule has 1 aliphatic rings. The summed E-state index contributed by atoms with van der Waals surface area (Å²) in [4.78, 5) is 34.0. The molecule has 1 rings (SSSR count). The fraction of sp³-hybridized carbons (Fsp3) is 0.769. The van der Waals surface area contributed by atoms with Crippen molar-refractivity contribution in [3.63, 3.8) is 0 Å². The molecule has 6 heteroatoms. The van der Waals surface area contributed by atoms with Crippen LogP contribution in [0.3, 0.4) is 0 Å². The van der Waals surface area contributed by atoms with E-state index in [1.807, 2.05) is 13.8 Å². The van der Waals surface area contributed by atoms with Gasteiger partial charge in [0.25, 0.3) is 0 Å². The molecule has 2 N–H and O–H groups in total. The molecule has 0 aromatic rings. The summed E-state index contributed by atoms with van der Waals surface area (Å²) in [6, 6.07) is -1.03.